The molecule has 0 bridgehead atoms. The Morgan fingerprint density at radius 2 is 1.88 bits per heavy atom. The van der Waals surface area contributed by atoms with Gasteiger partial charge in [0.05, 0.1) is 0 Å². The van der Waals surface area contributed by atoms with Crippen molar-refractivity contribution in [1.82, 2.24) is 20.9 Å². The Hall–Kier alpha value is -2.97. The van der Waals surface area contributed by atoms with E-state index in [4.69, 9.17) is 0 Å². The van der Waals surface area contributed by atoms with Gasteiger partial charge in [-0.25, -0.2) is 14.0 Å². The molecular formula is C17H21FN4O4. The Labute approximate surface area is 150 Å². The van der Waals surface area contributed by atoms with Crippen molar-refractivity contribution in [3.63, 3.8) is 0 Å². The molecule has 8 nitrogen and oxygen atoms in total. The Kier molecular flexibility index (Phi) is 5.91. The smallest absolute Gasteiger partial charge is 0.325 e. The lowest BCUT2D eigenvalue weighted by Crippen LogP contribution is -2.47. The van der Waals surface area contributed by atoms with Crippen LogP contribution in [0.1, 0.15) is 31.7 Å². The SMILES string of the molecule is CCCC[C@@]1(c2ccc(F)cc2)NC(=O)N(CC(=O)NC(=O)NC)C1=O. The number of nitrogens with one attached hydrogen (secondary N) is 3. The quantitative estimate of drug-likeness (QED) is 0.660. The second kappa shape index (κ2) is 7.94. The van der Waals surface area contributed by atoms with Gasteiger partial charge in [0.1, 0.15) is 17.9 Å². The van der Waals surface area contributed by atoms with E-state index in [1.54, 1.807) is 0 Å². The third-order valence-electron chi connectivity index (χ3n) is 4.20. The molecule has 1 aliphatic heterocycles. The van der Waals surface area contributed by atoms with Crippen molar-refractivity contribution in [3.05, 3.63) is 35.6 Å². The van der Waals surface area contributed by atoms with Gasteiger partial charge in [0.15, 0.2) is 0 Å². The molecule has 1 atom stereocenters. The van der Waals surface area contributed by atoms with Crippen molar-refractivity contribution in [2.45, 2.75) is 31.7 Å². The zero-order chi connectivity index (χ0) is 19.3. The second-order valence-electron chi connectivity index (χ2n) is 5.96. The van der Waals surface area contributed by atoms with Gasteiger partial charge < -0.3 is 10.6 Å². The number of imide groups is 2. The second-order valence-corrected chi connectivity index (χ2v) is 5.96. The maximum atomic E-state index is 13.3. The first-order valence-corrected chi connectivity index (χ1v) is 8.25. The van der Waals surface area contributed by atoms with Gasteiger partial charge in [-0.2, -0.15) is 0 Å². The molecule has 140 valence electrons. The van der Waals surface area contributed by atoms with E-state index >= 15 is 0 Å². The molecule has 1 saturated heterocycles. The monoisotopic (exact) mass is 364 g/mol. The van der Waals surface area contributed by atoms with E-state index in [2.05, 4.69) is 10.6 Å². The minimum atomic E-state index is -1.35. The summed E-state index contributed by atoms with van der Waals surface area (Å²) in [5.41, 5.74) is -0.909. The highest BCUT2D eigenvalue weighted by molar-refractivity contribution is 6.10. The molecule has 0 saturated carbocycles. The van der Waals surface area contributed by atoms with Crippen LogP contribution in [0, 0.1) is 5.82 Å². The highest BCUT2D eigenvalue weighted by Crippen LogP contribution is 2.34. The molecule has 1 aromatic rings. The molecule has 0 radical (unpaired) electrons. The zero-order valence-electron chi connectivity index (χ0n) is 14.6. The van der Waals surface area contributed by atoms with Crippen LogP contribution in [0.25, 0.3) is 0 Å². The molecular weight excluding hydrogens is 343 g/mol. The van der Waals surface area contributed by atoms with Gasteiger partial charge in [-0.15, -0.1) is 0 Å². The van der Waals surface area contributed by atoms with Gasteiger partial charge in [0.25, 0.3) is 5.91 Å². The Morgan fingerprint density at radius 1 is 1.23 bits per heavy atom. The number of halogens is 1. The zero-order valence-corrected chi connectivity index (χ0v) is 14.6. The first-order valence-electron chi connectivity index (χ1n) is 8.25. The molecule has 3 N–H and O–H groups in total. The maximum absolute atomic E-state index is 13.3. The van der Waals surface area contributed by atoms with Crippen LogP contribution < -0.4 is 16.0 Å². The lowest BCUT2D eigenvalue weighted by atomic mass is 9.85. The number of carbonyl (C=O) groups is 4. The predicted octanol–water partition coefficient (Wildman–Crippen LogP) is 1.22. The maximum Gasteiger partial charge on any atom is 0.325 e. The average molecular weight is 364 g/mol. The number of unbranched alkanes of at least 4 members (excludes halogenated alkanes) is 1. The van der Waals surface area contributed by atoms with E-state index in [0.717, 1.165) is 11.3 Å². The van der Waals surface area contributed by atoms with Crippen LogP contribution in [0.5, 0.6) is 0 Å². The van der Waals surface area contributed by atoms with Crippen LogP contribution in [0.3, 0.4) is 0 Å². The highest BCUT2D eigenvalue weighted by atomic mass is 19.1. The molecule has 1 fully saturated rings. The lowest BCUT2D eigenvalue weighted by molar-refractivity contribution is -0.135. The van der Waals surface area contributed by atoms with E-state index in [9.17, 15) is 23.6 Å². The highest BCUT2D eigenvalue weighted by Gasteiger charge is 2.52. The van der Waals surface area contributed by atoms with Gasteiger partial charge in [-0.1, -0.05) is 31.9 Å². The number of hydrogen-bond donors (Lipinski definition) is 3. The summed E-state index contributed by atoms with van der Waals surface area (Å²) < 4.78 is 13.3. The van der Waals surface area contributed by atoms with Gasteiger partial charge in [0, 0.05) is 7.05 Å². The standard InChI is InChI=1S/C17H21FN4O4/c1-3-4-9-17(11-5-7-12(18)8-6-11)14(24)22(16(26)21-17)10-13(23)20-15(25)19-2/h5-8H,3-4,9-10H2,1-2H3,(H,21,26)(H2,19,20,23,25)/t17-/m0/s1. The van der Waals surface area contributed by atoms with E-state index in [1.807, 2.05) is 12.2 Å². The van der Waals surface area contributed by atoms with Crippen molar-refractivity contribution < 1.29 is 23.6 Å². The van der Waals surface area contributed by atoms with Crippen LogP contribution in [0.15, 0.2) is 24.3 Å². The van der Waals surface area contributed by atoms with Crippen molar-refractivity contribution in [2.24, 2.45) is 0 Å². The summed E-state index contributed by atoms with van der Waals surface area (Å²) >= 11 is 0. The molecule has 2 rings (SSSR count). The molecule has 9 heteroatoms. The summed E-state index contributed by atoms with van der Waals surface area (Å²) in [6, 6.07) is 3.84. The van der Waals surface area contributed by atoms with Gasteiger partial charge >= 0.3 is 12.1 Å². The van der Waals surface area contributed by atoms with Crippen molar-refractivity contribution in [2.75, 3.05) is 13.6 Å². The molecule has 0 aromatic heterocycles. The summed E-state index contributed by atoms with van der Waals surface area (Å²) in [7, 11) is 1.33. The minimum Gasteiger partial charge on any atom is -0.341 e. The van der Waals surface area contributed by atoms with E-state index in [0.29, 0.717) is 18.4 Å². The fourth-order valence-electron chi connectivity index (χ4n) is 2.83. The van der Waals surface area contributed by atoms with E-state index in [1.165, 1.54) is 31.3 Å². The normalized spacial score (nSPS) is 19.3. The largest absolute Gasteiger partial charge is 0.341 e. The summed E-state index contributed by atoms with van der Waals surface area (Å²) in [5.74, 6) is -1.86. The van der Waals surface area contributed by atoms with Crippen LogP contribution in [-0.4, -0.2) is 42.4 Å². The number of benzene rings is 1. The van der Waals surface area contributed by atoms with Crippen molar-refractivity contribution in [3.8, 4) is 0 Å². The molecule has 0 aliphatic carbocycles. The van der Waals surface area contributed by atoms with Crippen molar-refractivity contribution >= 4 is 23.9 Å². The van der Waals surface area contributed by atoms with Gasteiger partial charge in [0.2, 0.25) is 5.91 Å². The topological polar surface area (TPSA) is 108 Å². The van der Waals surface area contributed by atoms with E-state index in [-0.39, 0.29) is 0 Å². The number of carbonyl (C=O) groups excluding carboxylic acids is 4. The Morgan fingerprint density at radius 3 is 2.46 bits per heavy atom. The average Bonchev–Trinajstić information content (AvgIpc) is 2.85. The number of rotatable bonds is 6. The van der Waals surface area contributed by atoms with E-state index < -0.39 is 41.8 Å². The summed E-state index contributed by atoms with van der Waals surface area (Å²) in [5, 5.41) is 6.86. The van der Waals surface area contributed by atoms with Crippen LogP contribution in [0.4, 0.5) is 14.0 Å². The third-order valence-corrected chi connectivity index (χ3v) is 4.20. The molecule has 6 amide bonds. The van der Waals surface area contributed by atoms with Crippen LogP contribution >= 0.6 is 0 Å². The summed E-state index contributed by atoms with van der Waals surface area (Å²) in [4.78, 5) is 49.2. The van der Waals surface area contributed by atoms with Crippen LogP contribution in [0.2, 0.25) is 0 Å². The first kappa shape index (κ1) is 19.4. The summed E-state index contributed by atoms with van der Waals surface area (Å²) in [6.45, 7) is 1.35. The fourth-order valence-corrected chi connectivity index (χ4v) is 2.83. The number of nitrogens with zero attached hydrogens (tertiary/aromatic N) is 1. The summed E-state index contributed by atoms with van der Waals surface area (Å²) in [6.07, 6.45) is 1.73. The fraction of sp³-hybridized carbons (Fsp3) is 0.412. The molecule has 26 heavy (non-hydrogen) atoms. The van der Waals surface area contributed by atoms with Crippen LogP contribution in [-0.2, 0) is 15.1 Å². The third kappa shape index (κ3) is 3.81. The minimum absolute atomic E-state index is 0.313. The first-order chi connectivity index (χ1) is 12.3. The molecule has 1 aromatic carbocycles. The van der Waals surface area contributed by atoms with Gasteiger partial charge in [-0.3, -0.25) is 19.8 Å². The number of urea groups is 2. The van der Waals surface area contributed by atoms with Gasteiger partial charge in [-0.05, 0) is 24.1 Å². The molecule has 1 aliphatic rings. The molecule has 1 heterocycles. The predicted molar refractivity (Wildman–Crippen MR) is 90.4 cm³/mol. The Bertz CT molecular complexity index is 722. The molecule has 0 unspecified atom stereocenters. The number of amides is 6. The lowest BCUT2D eigenvalue weighted by Gasteiger charge is -2.27. The molecule has 0 spiro atoms. The Balaban J connectivity index is 2.29. The van der Waals surface area contributed by atoms with Crippen molar-refractivity contribution in [1.29, 1.82) is 0 Å². The number of hydrogen-bond acceptors (Lipinski definition) is 4.